The van der Waals surface area contributed by atoms with Crippen LogP contribution >= 0.6 is 0 Å². The summed E-state index contributed by atoms with van der Waals surface area (Å²) in [4.78, 5) is 40.3. The van der Waals surface area contributed by atoms with Gasteiger partial charge in [0.2, 0.25) is 5.91 Å². The highest BCUT2D eigenvalue weighted by Gasteiger charge is 2.15. The van der Waals surface area contributed by atoms with E-state index >= 15 is 0 Å². The average Bonchev–Trinajstić information content (AvgIpc) is 2.94. The number of aromatic nitrogens is 4. The number of amides is 1. The lowest BCUT2D eigenvalue weighted by atomic mass is 10.1. The van der Waals surface area contributed by atoms with Gasteiger partial charge in [0.05, 0.1) is 6.33 Å². The minimum Gasteiger partial charge on any atom is -0.353 e. The second-order valence-electron chi connectivity index (χ2n) is 6.52. The molecule has 2 rings (SSSR count). The van der Waals surface area contributed by atoms with Crippen molar-refractivity contribution in [2.24, 2.45) is 20.0 Å². The third-order valence-corrected chi connectivity index (χ3v) is 4.41. The van der Waals surface area contributed by atoms with Crippen molar-refractivity contribution in [1.29, 1.82) is 0 Å². The van der Waals surface area contributed by atoms with Crippen LogP contribution in [0.15, 0.2) is 15.9 Å². The van der Waals surface area contributed by atoms with Gasteiger partial charge in [-0.25, -0.2) is 9.78 Å². The molecule has 2 aromatic heterocycles. The molecule has 1 N–H and O–H groups in total. The molecule has 1 unspecified atom stereocenters. The van der Waals surface area contributed by atoms with Gasteiger partial charge in [0.15, 0.2) is 11.2 Å². The molecular formula is C16H25N5O3. The molecule has 2 aromatic rings. The predicted octanol–water partition coefficient (Wildman–Crippen LogP) is 0.375. The van der Waals surface area contributed by atoms with E-state index in [0.29, 0.717) is 36.5 Å². The number of imidazole rings is 1. The van der Waals surface area contributed by atoms with Gasteiger partial charge in [-0.3, -0.25) is 18.7 Å². The molecule has 0 radical (unpaired) electrons. The van der Waals surface area contributed by atoms with Crippen molar-refractivity contribution in [3.8, 4) is 0 Å². The molecule has 0 bridgehead atoms. The molecule has 0 aliphatic heterocycles. The Morgan fingerprint density at radius 1 is 1.21 bits per heavy atom. The molecule has 0 aliphatic rings. The zero-order valence-electron chi connectivity index (χ0n) is 14.9. The smallest absolute Gasteiger partial charge is 0.332 e. The average molecular weight is 335 g/mol. The van der Waals surface area contributed by atoms with Gasteiger partial charge in [-0.2, -0.15) is 0 Å². The molecule has 0 aliphatic carbocycles. The summed E-state index contributed by atoms with van der Waals surface area (Å²) in [5.74, 6) is 0.386. The molecule has 132 valence electrons. The summed E-state index contributed by atoms with van der Waals surface area (Å²) in [6, 6.07) is 0.133. The Morgan fingerprint density at radius 2 is 1.88 bits per heavy atom. The second kappa shape index (κ2) is 7.02. The fraction of sp³-hybridized carbons (Fsp3) is 0.625. The van der Waals surface area contributed by atoms with Crippen LogP contribution in [0.1, 0.15) is 33.6 Å². The van der Waals surface area contributed by atoms with Gasteiger partial charge in [-0.05, 0) is 19.3 Å². The van der Waals surface area contributed by atoms with E-state index in [4.69, 9.17) is 0 Å². The Bertz CT molecular complexity index is 859. The molecule has 0 spiro atoms. The summed E-state index contributed by atoms with van der Waals surface area (Å²) < 4.78 is 4.12. The van der Waals surface area contributed by atoms with E-state index in [9.17, 15) is 14.4 Å². The van der Waals surface area contributed by atoms with Crippen LogP contribution in [0, 0.1) is 5.92 Å². The Kier molecular flexibility index (Phi) is 5.26. The number of aryl methyl sites for hydroxylation is 2. The van der Waals surface area contributed by atoms with Crippen molar-refractivity contribution in [1.82, 2.24) is 24.0 Å². The number of nitrogens with zero attached hydrogens (tertiary/aromatic N) is 4. The van der Waals surface area contributed by atoms with Crippen LogP contribution < -0.4 is 16.6 Å². The number of fused-ring (bicyclic) bond motifs is 1. The Hall–Kier alpha value is -2.38. The first-order valence-electron chi connectivity index (χ1n) is 8.14. The van der Waals surface area contributed by atoms with Crippen LogP contribution in [0.4, 0.5) is 0 Å². The monoisotopic (exact) mass is 335 g/mol. The molecule has 24 heavy (non-hydrogen) atoms. The lowest BCUT2D eigenvalue weighted by molar-refractivity contribution is -0.122. The summed E-state index contributed by atoms with van der Waals surface area (Å²) in [6.07, 6.45) is 2.51. The van der Waals surface area contributed by atoms with Crippen molar-refractivity contribution in [2.45, 2.75) is 46.2 Å². The maximum absolute atomic E-state index is 12.3. The van der Waals surface area contributed by atoms with Crippen molar-refractivity contribution in [3.05, 3.63) is 27.2 Å². The molecular weight excluding hydrogens is 310 g/mol. The number of rotatable bonds is 6. The standard InChI is InChI=1S/C16H25N5O3/c1-10(2)11(3)18-12(22)7-6-8-21-9-17-14-13(21)15(23)20(5)16(24)19(14)4/h9-11H,6-8H2,1-5H3,(H,18,22). The largest absolute Gasteiger partial charge is 0.353 e. The van der Waals surface area contributed by atoms with Gasteiger partial charge in [0.1, 0.15) is 0 Å². The number of hydrogen-bond acceptors (Lipinski definition) is 4. The number of hydrogen-bond donors (Lipinski definition) is 1. The molecule has 1 amide bonds. The minimum absolute atomic E-state index is 0.000855. The SMILES string of the molecule is CC(C)C(C)NC(=O)CCCn1cnc2c1c(=O)n(C)c(=O)n2C. The fourth-order valence-electron chi connectivity index (χ4n) is 2.47. The highest BCUT2D eigenvalue weighted by Crippen LogP contribution is 2.07. The Morgan fingerprint density at radius 3 is 2.50 bits per heavy atom. The zero-order chi connectivity index (χ0) is 18.0. The normalized spacial score (nSPS) is 12.8. The van der Waals surface area contributed by atoms with Crippen LogP contribution in [0.2, 0.25) is 0 Å². The number of nitrogens with one attached hydrogen (secondary N) is 1. The van der Waals surface area contributed by atoms with E-state index < -0.39 is 5.69 Å². The zero-order valence-corrected chi connectivity index (χ0v) is 14.9. The first kappa shape index (κ1) is 18.0. The van der Waals surface area contributed by atoms with Crippen LogP contribution in [0.3, 0.4) is 0 Å². The molecule has 0 saturated heterocycles. The molecule has 8 nitrogen and oxygen atoms in total. The maximum atomic E-state index is 12.3. The van der Waals surface area contributed by atoms with Gasteiger partial charge in [-0.15, -0.1) is 0 Å². The first-order chi connectivity index (χ1) is 11.2. The van der Waals surface area contributed by atoms with Crippen LogP contribution in [0.5, 0.6) is 0 Å². The van der Waals surface area contributed by atoms with E-state index in [0.717, 1.165) is 4.57 Å². The molecule has 0 fully saturated rings. The fourth-order valence-corrected chi connectivity index (χ4v) is 2.47. The van der Waals surface area contributed by atoms with Crippen LogP contribution in [-0.2, 0) is 25.4 Å². The third kappa shape index (κ3) is 3.42. The van der Waals surface area contributed by atoms with Crippen molar-refractivity contribution in [3.63, 3.8) is 0 Å². The Labute approximate surface area is 140 Å². The van der Waals surface area contributed by atoms with E-state index in [-0.39, 0.29) is 17.5 Å². The van der Waals surface area contributed by atoms with Gasteiger partial charge in [0, 0.05) is 33.1 Å². The third-order valence-electron chi connectivity index (χ3n) is 4.41. The van der Waals surface area contributed by atoms with E-state index in [1.807, 2.05) is 6.92 Å². The Balaban J connectivity index is 2.11. The van der Waals surface area contributed by atoms with Crippen molar-refractivity contribution >= 4 is 17.1 Å². The minimum atomic E-state index is -0.403. The second-order valence-corrected chi connectivity index (χ2v) is 6.52. The molecule has 2 heterocycles. The van der Waals surface area contributed by atoms with Crippen LogP contribution in [-0.4, -0.2) is 30.6 Å². The first-order valence-corrected chi connectivity index (χ1v) is 8.14. The maximum Gasteiger partial charge on any atom is 0.332 e. The van der Waals surface area contributed by atoms with E-state index in [2.05, 4.69) is 24.1 Å². The van der Waals surface area contributed by atoms with Gasteiger partial charge < -0.3 is 9.88 Å². The molecule has 0 saturated carbocycles. The van der Waals surface area contributed by atoms with Crippen LogP contribution in [0.25, 0.3) is 11.2 Å². The lowest BCUT2D eigenvalue weighted by Crippen LogP contribution is -2.37. The summed E-state index contributed by atoms with van der Waals surface area (Å²) in [5, 5.41) is 2.96. The summed E-state index contributed by atoms with van der Waals surface area (Å²) in [6.45, 7) is 6.59. The highest BCUT2D eigenvalue weighted by molar-refractivity contribution is 5.76. The molecule has 0 aromatic carbocycles. The molecule has 8 heteroatoms. The molecule has 1 atom stereocenters. The highest BCUT2D eigenvalue weighted by atomic mass is 16.2. The van der Waals surface area contributed by atoms with Gasteiger partial charge >= 0.3 is 5.69 Å². The predicted molar refractivity (Wildman–Crippen MR) is 91.9 cm³/mol. The summed E-state index contributed by atoms with van der Waals surface area (Å²) >= 11 is 0. The topological polar surface area (TPSA) is 90.9 Å². The van der Waals surface area contributed by atoms with Crippen molar-refractivity contribution < 1.29 is 4.79 Å². The number of carbonyl (C=O) groups excluding carboxylic acids is 1. The lowest BCUT2D eigenvalue weighted by Gasteiger charge is -2.17. The number of carbonyl (C=O) groups is 1. The van der Waals surface area contributed by atoms with Crippen molar-refractivity contribution in [2.75, 3.05) is 0 Å². The summed E-state index contributed by atoms with van der Waals surface area (Å²) in [5.41, 5.74) is -0.0279. The summed E-state index contributed by atoms with van der Waals surface area (Å²) in [7, 11) is 3.03. The quantitative estimate of drug-likeness (QED) is 0.826. The van der Waals surface area contributed by atoms with Gasteiger partial charge in [-0.1, -0.05) is 13.8 Å². The van der Waals surface area contributed by atoms with E-state index in [1.165, 1.54) is 11.6 Å². The van der Waals surface area contributed by atoms with E-state index in [1.54, 1.807) is 17.9 Å². The van der Waals surface area contributed by atoms with Gasteiger partial charge in [0.25, 0.3) is 5.56 Å².